The summed E-state index contributed by atoms with van der Waals surface area (Å²) in [5.74, 6) is 1.48. The second-order valence-electron chi connectivity index (χ2n) is 11.7. The third-order valence-electron chi connectivity index (χ3n) is 8.79. The second-order valence-corrected chi connectivity index (χ2v) is 11.7. The molecule has 0 saturated heterocycles. The summed E-state index contributed by atoms with van der Waals surface area (Å²) in [4.78, 5) is 0. The Kier molecular flexibility index (Phi) is 10.4. The van der Waals surface area contributed by atoms with Gasteiger partial charge in [0.2, 0.25) is 0 Å². The van der Waals surface area contributed by atoms with Gasteiger partial charge in [-0.25, -0.2) is 0 Å². The molecule has 0 aliphatic rings. The molecule has 0 unspecified atom stereocenters. The Hall–Kier alpha value is -3.92. The van der Waals surface area contributed by atoms with E-state index in [4.69, 9.17) is 0 Å². The number of phenols is 4. The van der Waals surface area contributed by atoms with Crippen molar-refractivity contribution in [3.8, 4) is 23.0 Å². The maximum Gasteiger partial charge on any atom is 0.122 e. The van der Waals surface area contributed by atoms with Gasteiger partial charge in [0.05, 0.1) is 0 Å². The van der Waals surface area contributed by atoms with Gasteiger partial charge in [-0.05, 0) is 112 Å². The van der Waals surface area contributed by atoms with E-state index in [1.54, 1.807) is 0 Å². The molecule has 4 aromatic rings. The van der Waals surface area contributed by atoms with Crippen LogP contribution in [0, 0.1) is 0 Å². The van der Waals surface area contributed by atoms with Gasteiger partial charge in [-0.2, -0.15) is 0 Å². The van der Waals surface area contributed by atoms with Crippen molar-refractivity contribution < 1.29 is 20.4 Å². The highest BCUT2D eigenvalue weighted by Crippen LogP contribution is 2.34. The molecule has 0 amide bonds. The van der Waals surface area contributed by atoms with E-state index in [-0.39, 0.29) is 0 Å². The monoisotopic (exact) mass is 580 g/mol. The van der Waals surface area contributed by atoms with Crippen molar-refractivity contribution in [2.24, 2.45) is 0 Å². The number of benzene rings is 4. The van der Waals surface area contributed by atoms with Gasteiger partial charge in [0, 0.05) is 12.8 Å². The minimum atomic E-state index is 0.349. The van der Waals surface area contributed by atoms with E-state index in [1.165, 1.54) is 0 Å². The summed E-state index contributed by atoms with van der Waals surface area (Å²) >= 11 is 0. The molecule has 0 fully saturated rings. The van der Waals surface area contributed by atoms with Crippen LogP contribution in [0.3, 0.4) is 0 Å². The number of phenolic OH excluding ortho intramolecular Hbond substituents is 4. The van der Waals surface area contributed by atoms with Gasteiger partial charge >= 0.3 is 0 Å². The van der Waals surface area contributed by atoms with E-state index in [9.17, 15) is 20.4 Å². The molecule has 4 rings (SSSR count). The Bertz CT molecular complexity index is 1430. The molecule has 0 bridgehead atoms. The van der Waals surface area contributed by atoms with Crippen molar-refractivity contribution >= 4 is 0 Å². The number of aromatic hydroxyl groups is 4. The molecule has 0 aliphatic heterocycles. The number of rotatable bonds is 12. The average Bonchev–Trinajstić information content (AvgIpc) is 3.01. The van der Waals surface area contributed by atoms with Crippen LogP contribution in [-0.2, 0) is 57.8 Å². The molecule has 4 heteroatoms. The summed E-state index contributed by atoms with van der Waals surface area (Å²) in [6, 6.07) is 16.7. The van der Waals surface area contributed by atoms with Gasteiger partial charge < -0.3 is 20.4 Å². The lowest BCUT2D eigenvalue weighted by Gasteiger charge is -2.17. The Morgan fingerprint density at radius 3 is 0.721 bits per heavy atom. The normalized spacial score (nSPS) is 11.3. The maximum atomic E-state index is 11.2. The lowest BCUT2D eigenvalue weighted by atomic mass is 9.90. The molecule has 0 saturated carbocycles. The highest BCUT2D eigenvalue weighted by molar-refractivity contribution is 5.52. The van der Waals surface area contributed by atoms with E-state index in [0.717, 1.165) is 105 Å². The summed E-state index contributed by atoms with van der Waals surface area (Å²) < 4.78 is 0. The van der Waals surface area contributed by atoms with Crippen LogP contribution in [0.5, 0.6) is 23.0 Å². The van der Waals surface area contributed by atoms with Crippen molar-refractivity contribution in [2.45, 2.75) is 99.3 Å². The summed E-state index contributed by atoms with van der Waals surface area (Å²) in [5.41, 5.74) is 11.8. The number of hydrogen-bond donors (Lipinski definition) is 4. The highest BCUT2D eigenvalue weighted by Gasteiger charge is 2.16. The largest absolute Gasteiger partial charge is 0.507 e. The zero-order chi connectivity index (χ0) is 31.3. The molecule has 0 heterocycles. The van der Waals surface area contributed by atoms with Gasteiger partial charge in [-0.1, -0.05) is 90.1 Å². The van der Waals surface area contributed by atoms with Crippen molar-refractivity contribution in [2.75, 3.05) is 0 Å². The van der Waals surface area contributed by atoms with Gasteiger partial charge in [0.15, 0.2) is 0 Å². The minimum absolute atomic E-state index is 0.349. The first-order chi connectivity index (χ1) is 20.6. The van der Waals surface area contributed by atoms with Crippen molar-refractivity contribution in [3.05, 3.63) is 115 Å². The highest BCUT2D eigenvalue weighted by atomic mass is 16.3. The average molecular weight is 581 g/mol. The fraction of sp³-hybridized carbons (Fsp3) is 0.385. The van der Waals surface area contributed by atoms with Crippen LogP contribution in [-0.4, -0.2) is 20.4 Å². The first-order valence-corrected chi connectivity index (χ1v) is 16.0. The molecule has 4 nitrogen and oxygen atoms in total. The molecule has 43 heavy (non-hydrogen) atoms. The third kappa shape index (κ3) is 7.01. The van der Waals surface area contributed by atoms with E-state index in [2.05, 4.69) is 90.1 Å². The Morgan fingerprint density at radius 2 is 0.488 bits per heavy atom. The fourth-order valence-corrected chi connectivity index (χ4v) is 6.30. The van der Waals surface area contributed by atoms with Crippen LogP contribution >= 0.6 is 0 Å². The molecule has 0 spiro atoms. The van der Waals surface area contributed by atoms with Crippen LogP contribution in [0.4, 0.5) is 0 Å². The zero-order valence-electron chi connectivity index (χ0n) is 26.8. The van der Waals surface area contributed by atoms with E-state index in [0.29, 0.717) is 42.3 Å². The molecule has 4 N–H and O–H groups in total. The molecule has 0 aliphatic carbocycles. The zero-order valence-corrected chi connectivity index (χ0v) is 26.8. The third-order valence-corrected chi connectivity index (χ3v) is 8.79. The van der Waals surface area contributed by atoms with E-state index < -0.39 is 0 Å². The van der Waals surface area contributed by atoms with Crippen molar-refractivity contribution in [1.82, 2.24) is 0 Å². The summed E-state index contributed by atoms with van der Waals surface area (Å²) in [7, 11) is 0. The SMILES string of the molecule is CCc1cc(Cc2cc(Cc3cc(CC)c(O)c(Cc4cc(CC)c(O)c(CC)c4)c3)cc(CC)c2O)cc(CC)c1O. The molecule has 228 valence electrons. The topological polar surface area (TPSA) is 80.9 Å². The standard InChI is InChI=1S/C39H48O4/c1-7-28-16-26(17-29(8-2)36(28)40)22-34-20-24(14-32(11-5)38(34)42)13-25-15-33(12-6)39(43)35(21-25)23-27-18-30(9-3)37(41)31(10-4)19-27/h14-21,40-43H,7-13,22-23H2,1-6H3. The van der Waals surface area contributed by atoms with Crippen LogP contribution in [0.15, 0.2) is 48.5 Å². The Balaban J connectivity index is 1.71. The quantitative estimate of drug-likeness (QED) is 0.135. The smallest absolute Gasteiger partial charge is 0.122 e. The van der Waals surface area contributed by atoms with Crippen LogP contribution in [0.25, 0.3) is 0 Å². The lowest BCUT2D eigenvalue weighted by molar-refractivity contribution is 0.460. The molecule has 0 radical (unpaired) electrons. The van der Waals surface area contributed by atoms with Gasteiger partial charge in [-0.3, -0.25) is 0 Å². The first-order valence-electron chi connectivity index (χ1n) is 16.0. The fourth-order valence-electron chi connectivity index (χ4n) is 6.30. The molecule has 0 atom stereocenters. The van der Waals surface area contributed by atoms with Crippen LogP contribution < -0.4 is 0 Å². The van der Waals surface area contributed by atoms with Crippen LogP contribution in [0.1, 0.15) is 108 Å². The van der Waals surface area contributed by atoms with E-state index >= 15 is 0 Å². The minimum Gasteiger partial charge on any atom is -0.507 e. The lowest BCUT2D eigenvalue weighted by Crippen LogP contribution is -2.01. The van der Waals surface area contributed by atoms with Gasteiger partial charge in [-0.15, -0.1) is 0 Å². The van der Waals surface area contributed by atoms with Crippen LogP contribution in [0.2, 0.25) is 0 Å². The van der Waals surface area contributed by atoms with Gasteiger partial charge in [0.1, 0.15) is 23.0 Å². The maximum absolute atomic E-state index is 11.2. The second kappa shape index (κ2) is 14.0. The predicted molar refractivity (Wildman–Crippen MR) is 177 cm³/mol. The molecule has 4 aromatic carbocycles. The predicted octanol–water partition coefficient (Wildman–Crippen LogP) is 8.66. The van der Waals surface area contributed by atoms with Crippen molar-refractivity contribution in [1.29, 1.82) is 0 Å². The summed E-state index contributed by atoms with van der Waals surface area (Å²) in [6.45, 7) is 12.3. The Labute approximate surface area is 257 Å². The summed E-state index contributed by atoms with van der Waals surface area (Å²) in [6.07, 6.45) is 6.34. The summed E-state index contributed by atoms with van der Waals surface area (Å²) in [5, 5.41) is 43.5. The van der Waals surface area contributed by atoms with Gasteiger partial charge in [0.25, 0.3) is 0 Å². The van der Waals surface area contributed by atoms with Crippen molar-refractivity contribution in [3.63, 3.8) is 0 Å². The molecule has 0 aromatic heterocycles. The number of aryl methyl sites for hydroxylation is 6. The molecular formula is C39H48O4. The molecular weight excluding hydrogens is 532 g/mol. The Morgan fingerprint density at radius 1 is 0.302 bits per heavy atom. The number of hydrogen-bond acceptors (Lipinski definition) is 4. The first kappa shape index (κ1) is 32.0. The van der Waals surface area contributed by atoms with E-state index in [1.807, 2.05) is 0 Å².